The minimum absolute atomic E-state index is 0.121. The summed E-state index contributed by atoms with van der Waals surface area (Å²) >= 11 is 0. The first kappa shape index (κ1) is 21.5. The number of carbonyl (C=O) groups excluding carboxylic acids is 1. The van der Waals surface area contributed by atoms with Crippen molar-refractivity contribution in [1.29, 1.82) is 0 Å². The van der Waals surface area contributed by atoms with Crippen LogP contribution in [0.15, 0.2) is 64.1 Å². The molecule has 0 aliphatic rings. The van der Waals surface area contributed by atoms with Crippen LogP contribution in [0.1, 0.15) is 19.0 Å². The summed E-state index contributed by atoms with van der Waals surface area (Å²) in [6, 6.07) is 13.3. The highest BCUT2D eigenvalue weighted by molar-refractivity contribution is 7.89. The summed E-state index contributed by atoms with van der Waals surface area (Å²) in [5.74, 6) is 1.06. The minimum Gasteiger partial charge on any atom is -0.497 e. The van der Waals surface area contributed by atoms with Gasteiger partial charge in [0.2, 0.25) is 21.8 Å². The number of nitrogens with one attached hydrogen (secondary N) is 2. The highest BCUT2D eigenvalue weighted by Gasteiger charge is 2.14. The highest BCUT2D eigenvalue weighted by Crippen LogP contribution is 2.22. The largest absolute Gasteiger partial charge is 0.497 e. The molecule has 1 amide bonds. The summed E-state index contributed by atoms with van der Waals surface area (Å²) in [4.78, 5) is 15.9. The third-order valence-corrected chi connectivity index (χ3v) is 5.81. The number of nitrogens with zero attached hydrogens (tertiary/aromatic N) is 1. The number of ether oxygens (including phenoxy) is 1. The summed E-state index contributed by atoms with van der Waals surface area (Å²) in [5.41, 5.74) is 1.99. The van der Waals surface area contributed by atoms with E-state index in [2.05, 4.69) is 15.0 Å². The molecule has 0 saturated heterocycles. The molecule has 2 N–H and O–H groups in total. The molecule has 8 nitrogen and oxygen atoms in total. The van der Waals surface area contributed by atoms with E-state index in [1.165, 1.54) is 18.4 Å². The Bertz CT molecular complexity index is 1090. The molecule has 158 valence electrons. The van der Waals surface area contributed by atoms with E-state index in [-0.39, 0.29) is 17.3 Å². The highest BCUT2D eigenvalue weighted by atomic mass is 32.2. The molecule has 3 rings (SSSR count). The van der Waals surface area contributed by atoms with Gasteiger partial charge in [0.15, 0.2) is 0 Å². The number of aromatic nitrogens is 1. The monoisotopic (exact) mass is 429 g/mol. The van der Waals surface area contributed by atoms with Crippen molar-refractivity contribution in [3.63, 3.8) is 0 Å². The zero-order valence-corrected chi connectivity index (χ0v) is 17.5. The molecular weight excluding hydrogens is 406 g/mol. The molecular formula is C21H23N3O5S. The van der Waals surface area contributed by atoms with Crippen LogP contribution in [-0.4, -0.2) is 33.0 Å². The average Bonchev–Trinajstić information content (AvgIpc) is 3.23. The van der Waals surface area contributed by atoms with E-state index in [0.29, 0.717) is 30.1 Å². The SMILES string of the molecule is CCC(=O)Nc1ccc(S(=O)(=O)NCCc2coc(-c3ccc(OC)cc3)n2)cc1. The van der Waals surface area contributed by atoms with E-state index in [9.17, 15) is 13.2 Å². The van der Waals surface area contributed by atoms with Crippen molar-refractivity contribution in [2.75, 3.05) is 19.0 Å². The van der Waals surface area contributed by atoms with Crippen molar-refractivity contribution >= 4 is 21.6 Å². The number of sulfonamides is 1. The van der Waals surface area contributed by atoms with Crippen LogP contribution in [0.4, 0.5) is 5.69 Å². The maximum absolute atomic E-state index is 12.4. The van der Waals surface area contributed by atoms with Gasteiger partial charge in [0, 0.05) is 30.6 Å². The normalized spacial score (nSPS) is 11.3. The molecule has 0 spiro atoms. The molecule has 1 aromatic heterocycles. The van der Waals surface area contributed by atoms with E-state index in [1.54, 1.807) is 26.2 Å². The van der Waals surface area contributed by atoms with Gasteiger partial charge in [0.05, 0.1) is 17.7 Å². The van der Waals surface area contributed by atoms with E-state index in [4.69, 9.17) is 9.15 Å². The van der Waals surface area contributed by atoms with E-state index >= 15 is 0 Å². The standard InChI is InChI=1S/C21H23N3O5S/c1-3-20(25)23-16-6-10-19(11-7-16)30(26,27)22-13-12-17-14-29-21(24-17)15-4-8-18(28-2)9-5-15/h4-11,14,22H,3,12-13H2,1-2H3,(H,23,25). The molecule has 30 heavy (non-hydrogen) atoms. The maximum atomic E-state index is 12.4. The van der Waals surface area contributed by atoms with Crippen molar-refractivity contribution in [1.82, 2.24) is 9.71 Å². The fourth-order valence-corrected chi connectivity index (χ4v) is 3.68. The van der Waals surface area contributed by atoms with Crippen LogP contribution in [0.2, 0.25) is 0 Å². The quantitative estimate of drug-likeness (QED) is 0.540. The second-order valence-corrected chi connectivity index (χ2v) is 8.21. The van der Waals surface area contributed by atoms with E-state index in [1.807, 2.05) is 24.3 Å². The topological polar surface area (TPSA) is 111 Å². The van der Waals surface area contributed by atoms with E-state index < -0.39 is 10.0 Å². The Labute approximate surface area is 175 Å². The van der Waals surface area contributed by atoms with Gasteiger partial charge >= 0.3 is 0 Å². The predicted molar refractivity (Wildman–Crippen MR) is 113 cm³/mol. The number of hydrogen-bond donors (Lipinski definition) is 2. The van der Waals surface area contributed by atoms with Gasteiger partial charge in [-0.25, -0.2) is 18.1 Å². The van der Waals surface area contributed by atoms with Crippen LogP contribution in [0.5, 0.6) is 5.75 Å². The van der Waals surface area contributed by atoms with Gasteiger partial charge in [-0.15, -0.1) is 0 Å². The Hall–Kier alpha value is -3.17. The van der Waals surface area contributed by atoms with Crippen LogP contribution in [0.25, 0.3) is 11.5 Å². The van der Waals surface area contributed by atoms with Crippen molar-refractivity contribution in [3.05, 3.63) is 60.5 Å². The number of methoxy groups -OCH3 is 1. The number of amides is 1. The average molecular weight is 429 g/mol. The Kier molecular flexibility index (Phi) is 6.86. The summed E-state index contributed by atoms with van der Waals surface area (Å²) in [6.07, 6.45) is 2.24. The second kappa shape index (κ2) is 9.55. The summed E-state index contributed by atoms with van der Waals surface area (Å²) in [5, 5.41) is 2.68. The third kappa shape index (κ3) is 5.46. The number of carbonyl (C=O) groups is 1. The smallest absolute Gasteiger partial charge is 0.240 e. The van der Waals surface area contributed by atoms with Gasteiger partial charge in [-0.3, -0.25) is 4.79 Å². The Morgan fingerprint density at radius 2 is 1.80 bits per heavy atom. The molecule has 0 aliphatic carbocycles. The lowest BCUT2D eigenvalue weighted by Gasteiger charge is -2.08. The number of anilines is 1. The van der Waals surface area contributed by atoms with Crippen LogP contribution < -0.4 is 14.8 Å². The predicted octanol–water partition coefficient (Wildman–Crippen LogP) is 3.22. The van der Waals surface area contributed by atoms with Crippen LogP contribution in [0, 0.1) is 0 Å². The zero-order valence-electron chi connectivity index (χ0n) is 16.7. The Balaban J connectivity index is 1.56. The van der Waals surface area contributed by atoms with E-state index in [0.717, 1.165) is 11.3 Å². The number of rotatable bonds is 9. The first-order chi connectivity index (χ1) is 14.4. The molecule has 3 aromatic rings. The molecule has 0 saturated carbocycles. The van der Waals surface area contributed by atoms with Gasteiger partial charge < -0.3 is 14.5 Å². The number of oxazole rings is 1. The van der Waals surface area contributed by atoms with Crippen LogP contribution in [-0.2, 0) is 21.2 Å². The number of hydrogen-bond acceptors (Lipinski definition) is 6. The maximum Gasteiger partial charge on any atom is 0.240 e. The van der Waals surface area contributed by atoms with Crippen molar-refractivity contribution in [3.8, 4) is 17.2 Å². The van der Waals surface area contributed by atoms with Crippen LogP contribution in [0.3, 0.4) is 0 Å². The number of benzene rings is 2. The Morgan fingerprint density at radius 1 is 1.10 bits per heavy atom. The van der Waals surface area contributed by atoms with Gasteiger partial charge in [0.1, 0.15) is 12.0 Å². The van der Waals surface area contributed by atoms with Gasteiger partial charge in [-0.2, -0.15) is 0 Å². The molecule has 0 bridgehead atoms. The Morgan fingerprint density at radius 3 is 2.43 bits per heavy atom. The molecule has 0 aliphatic heterocycles. The lowest BCUT2D eigenvalue weighted by Crippen LogP contribution is -2.26. The summed E-state index contributed by atoms with van der Waals surface area (Å²) in [6.45, 7) is 1.91. The zero-order chi connectivity index (χ0) is 21.6. The van der Waals surface area contributed by atoms with Crippen molar-refractivity contribution in [2.24, 2.45) is 0 Å². The lowest BCUT2D eigenvalue weighted by atomic mass is 10.2. The fourth-order valence-electron chi connectivity index (χ4n) is 2.65. The molecule has 1 heterocycles. The molecule has 9 heteroatoms. The molecule has 0 fully saturated rings. The first-order valence-corrected chi connectivity index (χ1v) is 10.9. The van der Waals surface area contributed by atoms with Gasteiger partial charge in [0.25, 0.3) is 0 Å². The molecule has 2 aromatic carbocycles. The first-order valence-electron chi connectivity index (χ1n) is 9.39. The van der Waals surface area contributed by atoms with Gasteiger partial charge in [-0.1, -0.05) is 6.92 Å². The summed E-state index contributed by atoms with van der Waals surface area (Å²) < 4.78 is 38.0. The molecule has 0 unspecified atom stereocenters. The molecule has 0 atom stereocenters. The van der Waals surface area contributed by atoms with Crippen molar-refractivity contribution in [2.45, 2.75) is 24.7 Å². The molecule has 0 radical (unpaired) electrons. The van der Waals surface area contributed by atoms with Crippen molar-refractivity contribution < 1.29 is 22.4 Å². The fraction of sp³-hybridized carbons (Fsp3) is 0.238. The lowest BCUT2D eigenvalue weighted by molar-refractivity contribution is -0.115. The van der Waals surface area contributed by atoms with Gasteiger partial charge in [-0.05, 0) is 48.5 Å². The summed E-state index contributed by atoms with van der Waals surface area (Å²) in [7, 11) is -2.07. The van der Waals surface area contributed by atoms with Crippen LogP contribution >= 0.6 is 0 Å². The minimum atomic E-state index is -3.67. The second-order valence-electron chi connectivity index (χ2n) is 6.45. The third-order valence-electron chi connectivity index (χ3n) is 4.33.